The van der Waals surface area contributed by atoms with Gasteiger partial charge >= 0.3 is 0 Å². The van der Waals surface area contributed by atoms with Gasteiger partial charge in [-0.3, -0.25) is 0 Å². The lowest BCUT2D eigenvalue weighted by Crippen LogP contribution is -2.23. The lowest BCUT2D eigenvalue weighted by molar-refractivity contribution is 0.0832. The Hall–Kier alpha value is -0.0800. The summed E-state index contributed by atoms with van der Waals surface area (Å²) in [6, 6.07) is 0. The van der Waals surface area contributed by atoms with Gasteiger partial charge < -0.3 is 10.5 Å². The Morgan fingerprint density at radius 2 is 2.36 bits per heavy atom. The average Bonchev–Trinajstić information content (AvgIpc) is 2.47. The summed E-state index contributed by atoms with van der Waals surface area (Å²) in [5.41, 5.74) is 5.62. The van der Waals surface area contributed by atoms with Crippen LogP contribution in [-0.4, -0.2) is 19.3 Å². The van der Waals surface area contributed by atoms with Crippen molar-refractivity contribution in [2.24, 2.45) is 11.7 Å². The maximum Gasteiger partial charge on any atom is 0.0616 e. The average molecular weight is 157 g/mol. The third-order valence-electron chi connectivity index (χ3n) is 2.49. The molecule has 0 spiro atoms. The van der Waals surface area contributed by atoms with Crippen molar-refractivity contribution in [1.82, 2.24) is 0 Å². The van der Waals surface area contributed by atoms with E-state index in [4.69, 9.17) is 10.5 Å². The molecule has 0 bridgehead atoms. The number of unbranched alkanes of at least 4 members (excludes halogenated alkanes) is 1. The molecule has 0 amide bonds. The Morgan fingerprint density at radius 3 is 3.00 bits per heavy atom. The molecule has 0 saturated carbocycles. The summed E-state index contributed by atoms with van der Waals surface area (Å²) in [5.74, 6) is 0.640. The van der Waals surface area contributed by atoms with Gasteiger partial charge in [-0.15, -0.1) is 0 Å². The van der Waals surface area contributed by atoms with E-state index in [-0.39, 0.29) is 0 Å². The minimum absolute atomic E-state index is 0.472. The zero-order valence-corrected chi connectivity index (χ0v) is 7.38. The maximum absolute atomic E-state index is 5.62. The molecule has 0 aromatic heterocycles. The predicted octanol–water partition coefficient (Wildman–Crippen LogP) is 1.54. The van der Waals surface area contributed by atoms with E-state index in [1.165, 1.54) is 25.7 Å². The van der Waals surface area contributed by atoms with Gasteiger partial charge in [0, 0.05) is 6.61 Å². The minimum atomic E-state index is 0.472. The molecule has 2 nitrogen and oxygen atoms in total. The second kappa shape index (κ2) is 4.73. The fourth-order valence-electron chi connectivity index (χ4n) is 1.69. The van der Waals surface area contributed by atoms with E-state index in [9.17, 15) is 0 Å². The quantitative estimate of drug-likeness (QED) is 0.672. The monoisotopic (exact) mass is 157 g/mol. The van der Waals surface area contributed by atoms with Crippen LogP contribution in [0.3, 0.4) is 0 Å². The van der Waals surface area contributed by atoms with E-state index in [2.05, 4.69) is 6.92 Å². The summed E-state index contributed by atoms with van der Waals surface area (Å²) in [4.78, 5) is 0. The first kappa shape index (κ1) is 9.01. The minimum Gasteiger partial charge on any atom is -0.378 e. The summed E-state index contributed by atoms with van der Waals surface area (Å²) in [6.07, 6.45) is 5.39. The fraction of sp³-hybridized carbons (Fsp3) is 1.00. The van der Waals surface area contributed by atoms with Crippen LogP contribution in [0.15, 0.2) is 0 Å². The summed E-state index contributed by atoms with van der Waals surface area (Å²) in [6.45, 7) is 3.94. The van der Waals surface area contributed by atoms with Gasteiger partial charge in [-0.1, -0.05) is 19.8 Å². The zero-order valence-electron chi connectivity index (χ0n) is 7.38. The molecule has 2 heteroatoms. The highest BCUT2D eigenvalue weighted by Gasteiger charge is 2.25. The predicted molar refractivity (Wildman–Crippen MR) is 46.4 cm³/mol. The van der Waals surface area contributed by atoms with E-state index in [0.29, 0.717) is 12.0 Å². The van der Waals surface area contributed by atoms with Crippen LogP contribution in [0.25, 0.3) is 0 Å². The first-order valence-electron chi connectivity index (χ1n) is 4.70. The molecule has 11 heavy (non-hydrogen) atoms. The Morgan fingerprint density at radius 1 is 1.55 bits per heavy atom. The van der Waals surface area contributed by atoms with Gasteiger partial charge in [-0.05, 0) is 25.3 Å². The molecule has 1 rings (SSSR count). The number of hydrogen-bond donors (Lipinski definition) is 1. The Balaban J connectivity index is 2.20. The van der Waals surface area contributed by atoms with Gasteiger partial charge in [0.05, 0.1) is 6.10 Å². The molecule has 2 N–H and O–H groups in total. The molecular weight excluding hydrogens is 138 g/mol. The SMILES string of the molecule is CCCCC1OCCC1CN. The largest absolute Gasteiger partial charge is 0.378 e. The first-order valence-corrected chi connectivity index (χ1v) is 4.70. The van der Waals surface area contributed by atoms with Crippen LogP contribution >= 0.6 is 0 Å². The van der Waals surface area contributed by atoms with Crippen molar-refractivity contribution >= 4 is 0 Å². The standard InChI is InChI=1S/C9H19NO/c1-2-3-4-9-8(7-10)5-6-11-9/h8-9H,2-7,10H2,1H3. The second-order valence-electron chi connectivity index (χ2n) is 3.34. The van der Waals surface area contributed by atoms with E-state index in [1.807, 2.05) is 0 Å². The van der Waals surface area contributed by atoms with Gasteiger partial charge in [0.1, 0.15) is 0 Å². The number of ether oxygens (including phenoxy) is 1. The molecule has 2 atom stereocenters. The van der Waals surface area contributed by atoms with Gasteiger partial charge in [-0.2, -0.15) is 0 Å². The van der Waals surface area contributed by atoms with Crippen LogP contribution in [-0.2, 0) is 4.74 Å². The van der Waals surface area contributed by atoms with E-state index < -0.39 is 0 Å². The molecular formula is C9H19NO. The summed E-state index contributed by atoms with van der Waals surface area (Å²) in [7, 11) is 0. The highest BCUT2D eigenvalue weighted by molar-refractivity contribution is 4.76. The Labute approximate surface area is 69.1 Å². The smallest absolute Gasteiger partial charge is 0.0616 e. The van der Waals surface area contributed by atoms with Gasteiger partial charge in [0.25, 0.3) is 0 Å². The fourth-order valence-corrected chi connectivity index (χ4v) is 1.69. The van der Waals surface area contributed by atoms with Crippen LogP contribution in [0.2, 0.25) is 0 Å². The molecule has 0 aromatic carbocycles. The van der Waals surface area contributed by atoms with E-state index in [0.717, 1.165) is 13.2 Å². The van der Waals surface area contributed by atoms with Crippen LogP contribution in [0, 0.1) is 5.92 Å². The molecule has 1 aliphatic heterocycles. The third-order valence-corrected chi connectivity index (χ3v) is 2.49. The van der Waals surface area contributed by atoms with Crippen molar-refractivity contribution in [3.63, 3.8) is 0 Å². The molecule has 66 valence electrons. The highest BCUT2D eigenvalue weighted by atomic mass is 16.5. The van der Waals surface area contributed by atoms with E-state index >= 15 is 0 Å². The van der Waals surface area contributed by atoms with Crippen molar-refractivity contribution in [2.75, 3.05) is 13.2 Å². The molecule has 1 saturated heterocycles. The van der Waals surface area contributed by atoms with Gasteiger partial charge in [0.2, 0.25) is 0 Å². The maximum atomic E-state index is 5.62. The highest BCUT2D eigenvalue weighted by Crippen LogP contribution is 2.23. The second-order valence-corrected chi connectivity index (χ2v) is 3.34. The lowest BCUT2D eigenvalue weighted by atomic mass is 9.98. The number of rotatable bonds is 4. The lowest BCUT2D eigenvalue weighted by Gasteiger charge is -2.15. The van der Waals surface area contributed by atoms with Gasteiger partial charge in [0.15, 0.2) is 0 Å². The first-order chi connectivity index (χ1) is 5.38. The molecule has 2 unspecified atom stereocenters. The van der Waals surface area contributed by atoms with E-state index in [1.54, 1.807) is 0 Å². The van der Waals surface area contributed by atoms with Crippen molar-refractivity contribution in [2.45, 2.75) is 38.7 Å². The van der Waals surface area contributed by atoms with Crippen molar-refractivity contribution in [3.05, 3.63) is 0 Å². The molecule has 1 heterocycles. The molecule has 1 aliphatic rings. The number of nitrogens with two attached hydrogens (primary N) is 1. The van der Waals surface area contributed by atoms with Crippen molar-refractivity contribution in [3.8, 4) is 0 Å². The molecule has 1 fully saturated rings. The summed E-state index contributed by atoms with van der Waals surface area (Å²) < 4.78 is 5.58. The van der Waals surface area contributed by atoms with Crippen LogP contribution < -0.4 is 5.73 Å². The number of hydrogen-bond acceptors (Lipinski definition) is 2. The van der Waals surface area contributed by atoms with Crippen LogP contribution in [0.1, 0.15) is 32.6 Å². The van der Waals surface area contributed by atoms with Crippen LogP contribution in [0.5, 0.6) is 0 Å². The summed E-state index contributed by atoms with van der Waals surface area (Å²) >= 11 is 0. The van der Waals surface area contributed by atoms with Crippen molar-refractivity contribution in [1.29, 1.82) is 0 Å². The van der Waals surface area contributed by atoms with Gasteiger partial charge in [-0.25, -0.2) is 0 Å². The normalized spacial score (nSPS) is 31.1. The zero-order chi connectivity index (χ0) is 8.10. The molecule has 0 radical (unpaired) electrons. The molecule has 0 aliphatic carbocycles. The topological polar surface area (TPSA) is 35.2 Å². The van der Waals surface area contributed by atoms with Crippen molar-refractivity contribution < 1.29 is 4.74 Å². The molecule has 0 aromatic rings. The summed E-state index contributed by atoms with van der Waals surface area (Å²) in [5, 5.41) is 0. The third kappa shape index (κ3) is 2.46. The van der Waals surface area contributed by atoms with Crippen LogP contribution in [0.4, 0.5) is 0 Å². The Kier molecular flexibility index (Phi) is 3.87. The Bertz CT molecular complexity index is 106.